The van der Waals surface area contributed by atoms with Gasteiger partial charge in [0.05, 0.1) is 19.9 Å². The van der Waals surface area contributed by atoms with Crippen molar-refractivity contribution >= 4 is 17.5 Å². The van der Waals surface area contributed by atoms with Crippen LogP contribution in [0.3, 0.4) is 0 Å². The molecule has 0 spiro atoms. The van der Waals surface area contributed by atoms with Crippen molar-refractivity contribution < 1.29 is 9.47 Å². The molecule has 1 aliphatic heterocycles. The van der Waals surface area contributed by atoms with Gasteiger partial charge in [-0.1, -0.05) is 0 Å². The van der Waals surface area contributed by atoms with Crippen molar-refractivity contribution in [3.05, 3.63) is 30.0 Å². The van der Waals surface area contributed by atoms with Gasteiger partial charge in [0.25, 0.3) is 0 Å². The minimum Gasteiger partial charge on any atom is -0.497 e. The Morgan fingerprint density at radius 3 is 2.44 bits per heavy atom. The third-order valence-electron chi connectivity index (χ3n) is 4.32. The van der Waals surface area contributed by atoms with Crippen molar-refractivity contribution in [2.24, 2.45) is 0 Å². The fourth-order valence-corrected chi connectivity index (χ4v) is 2.84. The number of ether oxygens (including phenoxy) is 2. The van der Waals surface area contributed by atoms with Gasteiger partial charge in [-0.05, 0) is 26.1 Å². The largest absolute Gasteiger partial charge is 0.497 e. The van der Waals surface area contributed by atoms with E-state index in [0.29, 0.717) is 11.7 Å². The van der Waals surface area contributed by atoms with Crippen LogP contribution in [-0.2, 0) is 0 Å². The summed E-state index contributed by atoms with van der Waals surface area (Å²) in [6.45, 7) is 5.99. The summed E-state index contributed by atoms with van der Waals surface area (Å²) < 4.78 is 10.7. The average molecular weight is 343 g/mol. The molecule has 0 radical (unpaired) electrons. The van der Waals surface area contributed by atoms with Crippen molar-refractivity contribution in [2.45, 2.75) is 6.92 Å². The Morgan fingerprint density at radius 2 is 1.76 bits per heavy atom. The van der Waals surface area contributed by atoms with Gasteiger partial charge in [0.15, 0.2) is 0 Å². The number of aromatic nitrogens is 2. The summed E-state index contributed by atoms with van der Waals surface area (Å²) in [7, 11) is 5.42. The molecule has 2 aromatic rings. The summed E-state index contributed by atoms with van der Waals surface area (Å²) in [5.41, 5.74) is 1.70. The van der Waals surface area contributed by atoms with Crippen LogP contribution >= 0.6 is 0 Å². The van der Waals surface area contributed by atoms with Crippen molar-refractivity contribution in [1.29, 1.82) is 0 Å². The number of piperazine rings is 1. The number of hydrogen-bond acceptors (Lipinski definition) is 7. The van der Waals surface area contributed by atoms with Crippen LogP contribution in [0.4, 0.5) is 17.5 Å². The maximum absolute atomic E-state index is 5.42. The molecule has 1 fully saturated rings. The molecule has 7 heteroatoms. The normalized spacial score (nSPS) is 15.1. The second-order valence-electron chi connectivity index (χ2n) is 6.17. The Hall–Kier alpha value is -2.54. The number of methoxy groups -OCH3 is 2. The summed E-state index contributed by atoms with van der Waals surface area (Å²) in [4.78, 5) is 13.8. The molecule has 1 aromatic heterocycles. The van der Waals surface area contributed by atoms with Crippen LogP contribution in [0.2, 0.25) is 0 Å². The van der Waals surface area contributed by atoms with E-state index in [9.17, 15) is 0 Å². The highest BCUT2D eigenvalue weighted by molar-refractivity contribution is 5.65. The number of benzene rings is 1. The molecule has 3 rings (SSSR count). The van der Waals surface area contributed by atoms with Crippen LogP contribution < -0.4 is 19.7 Å². The quantitative estimate of drug-likeness (QED) is 0.894. The van der Waals surface area contributed by atoms with E-state index in [0.717, 1.165) is 49.1 Å². The minimum atomic E-state index is 0.556. The number of anilines is 3. The molecule has 25 heavy (non-hydrogen) atoms. The van der Waals surface area contributed by atoms with Gasteiger partial charge in [0, 0.05) is 44.0 Å². The summed E-state index contributed by atoms with van der Waals surface area (Å²) in [5, 5.41) is 3.26. The lowest BCUT2D eigenvalue weighted by Crippen LogP contribution is -2.44. The van der Waals surface area contributed by atoms with Crippen LogP contribution in [0.25, 0.3) is 0 Å². The van der Waals surface area contributed by atoms with E-state index >= 15 is 0 Å². The van der Waals surface area contributed by atoms with Gasteiger partial charge in [-0.15, -0.1) is 0 Å². The monoisotopic (exact) mass is 343 g/mol. The standard InChI is InChI=1S/C18H25N5O2/c1-13-11-17(23-9-7-22(2)8-10-23)21-18(19-13)20-15-12-14(24-3)5-6-16(15)25-4/h5-6,11-12H,7-10H2,1-4H3,(H,19,20,21). The smallest absolute Gasteiger partial charge is 0.229 e. The molecule has 1 aromatic carbocycles. The Labute approximate surface area is 148 Å². The van der Waals surface area contributed by atoms with Crippen molar-refractivity contribution in [3.8, 4) is 11.5 Å². The van der Waals surface area contributed by atoms with E-state index in [1.807, 2.05) is 31.2 Å². The molecule has 1 saturated heterocycles. The summed E-state index contributed by atoms with van der Waals surface area (Å²) in [6.07, 6.45) is 0. The number of hydrogen-bond donors (Lipinski definition) is 1. The first-order valence-electron chi connectivity index (χ1n) is 8.37. The summed E-state index contributed by atoms with van der Waals surface area (Å²) in [6, 6.07) is 7.62. The molecule has 0 bridgehead atoms. The molecule has 0 saturated carbocycles. The molecule has 0 amide bonds. The van der Waals surface area contributed by atoms with Gasteiger partial charge in [0.1, 0.15) is 17.3 Å². The lowest BCUT2D eigenvalue weighted by atomic mass is 10.2. The first-order chi connectivity index (χ1) is 12.1. The highest BCUT2D eigenvalue weighted by Gasteiger charge is 2.17. The second-order valence-corrected chi connectivity index (χ2v) is 6.17. The van der Waals surface area contributed by atoms with Crippen molar-refractivity contribution in [2.75, 3.05) is 57.7 Å². The third-order valence-corrected chi connectivity index (χ3v) is 4.32. The zero-order chi connectivity index (χ0) is 17.8. The summed E-state index contributed by atoms with van der Waals surface area (Å²) >= 11 is 0. The second kappa shape index (κ2) is 7.57. The molecule has 7 nitrogen and oxygen atoms in total. The van der Waals surface area contributed by atoms with Crippen molar-refractivity contribution in [3.63, 3.8) is 0 Å². The minimum absolute atomic E-state index is 0.556. The van der Waals surface area contributed by atoms with Gasteiger partial charge >= 0.3 is 0 Å². The molecule has 2 heterocycles. The van der Waals surface area contributed by atoms with E-state index < -0.39 is 0 Å². The molecule has 0 atom stereocenters. The summed E-state index contributed by atoms with van der Waals surface area (Å²) in [5.74, 6) is 2.97. The van der Waals surface area contributed by atoms with Gasteiger partial charge in [-0.25, -0.2) is 4.98 Å². The van der Waals surface area contributed by atoms with Gasteiger partial charge in [0.2, 0.25) is 5.95 Å². The first-order valence-corrected chi connectivity index (χ1v) is 8.37. The number of rotatable bonds is 5. The van der Waals surface area contributed by atoms with E-state index in [2.05, 4.69) is 27.1 Å². The zero-order valence-electron chi connectivity index (χ0n) is 15.2. The SMILES string of the molecule is COc1ccc(OC)c(Nc2nc(C)cc(N3CCN(C)CC3)n2)c1. The topological polar surface area (TPSA) is 62.8 Å². The Morgan fingerprint density at radius 1 is 1.00 bits per heavy atom. The van der Waals surface area contributed by atoms with Crippen LogP contribution in [0.15, 0.2) is 24.3 Å². The number of nitrogens with one attached hydrogen (secondary N) is 1. The maximum atomic E-state index is 5.42. The highest BCUT2D eigenvalue weighted by Crippen LogP contribution is 2.31. The van der Waals surface area contributed by atoms with Crippen LogP contribution in [0, 0.1) is 6.92 Å². The maximum Gasteiger partial charge on any atom is 0.229 e. The molecule has 134 valence electrons. The number of nitrogens with zero attached hydrogens (tertiary/aromatic N) is 4. The third kappa shape index (κ3) is 4.11. The predicted molar refractivity (Wildman–Crippen MR) is 99.3 cm³/mol. The molecule has 0 aliphatic carbocycles. The molecule has 1 aliphatic rings. The Kier molecular flexibility index (Phi) is 5.23. The fraction of sp³-hybridized carbons (Fsp3) is 0.444. The van der Waals surface area contributed by atoms with Crippen LogP contribution in [0.5, 0.6) is 11.5 Å². The van der Waals surface area contributed by atoms with Gasteiger partial charge in [-0.3, -0.25) is 0 Å². The molecule has 0 unspecified atom stereocenters. The zero-order valence-corrected chi connectivity index (χ0v) is 15.2. The average Bonchev–Trinajstić information content (AvgIpc) is 2.61. The van der Waals surface area contributed by atoms with E-state index in [4.69, 9.17) is 14.5 Å². The van der Waals surface area contributed by atoms with E-state index in [-0.39, 0.29) is 0 Å². The molecular formula is C18H25N5O2. The van der Waals surface area contributed by atoms with Gasteiger partial charge < -0.3 is 24.6 Å². The number of likely N-dealkylation sites (N-methyl/N-ethyl adjacent to an activating group) is 1. The first kappa shape index (κ1) is 17.3. The Bertz CT molecular complexity index is 729. The number of aryl methyl sites for hydroxylation is 1. The lowest BCUT2D eigenvalue weighted by Gasteiger charge is -2.33. The molecular weight excluding hydrogens is 318 g/mol. The highest BCUT2D eigenvalue weighted by atomic mass is 16.5. The van der Waals surface area contributed by atoms with Crippen molar-refractivity contribution in [1.82, 2.24) is 14.9 Å². The Balaban J connectivity index is 1.86. The van der Waals surface area contributed by atoms with Crippen LogP contribution in [-0.4, -0.2) is 62.3 Å². The van der Waals surface area contributed by atoms with E-state index in [1.54, 1.807) is 14.2 Å². The fourth-order valence-electron chi connectivity index (χ4n) is 2.84. The van der Waals surface area contributed by atoms with Gasteiger partial charge in [-0.2, -0.15) is 4.98 Å². The van der Waals surface area contributed by atoms with Crippen LogP contribution in [0.1, 0.15) is 5.69 Å². The van der Waals surface area contributed by atoms with E-state index in [1.165, 1.54) is 0 Å². The predicted octanol–water partition coefficient (Wildman–Crippen LogP) is 2.30. The molecule has 1 N–H and O–H groups in total. The lowest BCUT2D eigenvalue weighted by molar-refractivity contribution is 0.312.